The molecule has 0 amide bonds. The molecule has 1 atom stereocenters. The minimum atomic E-state index is -0.431. The van der Waals surface area contributed by atoms with Gasteiger partial charge in [0, 0.05) is 36.1 Å². The summed E-state index contributed by atoms with van der Waals surface area (Å²) in [5, 5.41) is 10.6. The monoisotopic (exact) mass is 272 g/mol. The fourth-order valence-electron chi connectivity index (χ4n) is 1.79. The second-order valence-electron chi connectivity index (χ2n) is 4.59. The number of non-ortho nitro benzene ring substituents is 1. The third kappa shape index (κ3) is 3.36. The first-order valence-corrected chi connectivity index (χ1v) is 6.41. The summed E-state index contributed by atoms with van der Waals surface area (Å²) in [5.41, 5.74) is 7.68. The van der Waals surface area contributed by atoms with Crippen LogP contribution in [0.3, 0.4) is 0 Å². The molecule has 20 heavy (non-hydrogen) atoms. The molecule has 6 heteroatoms. The van der Waals surface area contributed by atoms with Crippen LogP contribution in [0.25, 0.3) is 11.4 Å². The quantitative estimate of drug-likeness (QED) is 0.665. The molecule has 2 N–H and O–H groups in total. The van der Waals surface area contributed by atoms with Crippen LogP contribution in [-0.2, 0) is 6.42 Å². The molecule has 0 spiro atoms. The Morgan fingerprint density at radius 3 is 2.35 bits per heavy atom. The first kappa shape index (κ1) is 14.1. The molecule has 0 fully saturated rings. The van der Waals surface area contributed by atoms with Crippen LogP contribution < -0.4 is 5.73 Å². The molecule has 0 saturated heterocycles. The van der Waals surface area contributed by atoms with Crippen LogP contribution in [0.4, 0.5) is 5.69 Å². The van der Waals surface area contributed by atoms with E-state index in [0.717, 1.165) is 24.0 Å². The normalized spacial score (nSPS) is 12.1. The van der Waals surface area contributed by atoms with E-state index < -0.39 is 4.92 Å². The molecule has 0 aliphatic rings. The van der Waals surface area contributed by atoms with Gasteiger partial charge in [0.2, 0.25) is 0 Å². The smallest absolute Gasteiger partial charge is 0.269 e. The van der Waals surface area contributed by atoms with Gasteiger partial charge in [-0.3, -0.25) is 10.1 Å². The van der Waals surface area contributed by atoms with Gasteiger partial charge in [0.25, 0.3) is 5.69 Å². The molecular formula is C14H16N4O2. The van der Waals surface area contributed by atoms with Gasteiger partial charge in [-0.1, -0.05) is 6.92 Å². The highest BCUT2D eigenvalue weighted by atomic mass is 16.6. The van der Waals surface area contributed by atoms with Crippen LogP contribution in [-0.4, -0.2) is 20.9 Å². The predicted molar refractivity (Wildman–Crippen MR) is 76.1 cm³/mol. The van der Waals surface area contributed by atoms with Crippen LogP contribution in [0.5, 0.6) is 0 Å². The van der Waals surface area contributed by atoms with Gasteiger partial charge in [0.05, 0.1) is 4.92 Å². The maximum Gasteiger partial charge on any atom is 0.269 e. The van der Waals surface area contributed by atoms with E-state index in [1.165, 1.54) is 12.1 Å². The van der Waals surface area contributed by atoms with Crippen molar-refractivity contribution in [1.29, 1.82) is 0 Å². The zero-order valence-corrected chi connectivity index (χ0v) is 11.2. The van der Waals surface area contributed by atoms with Crippen LogP contribution in [0.15, 0.2) is 36.7 Å². The Kier molecular flexibility index (Phi) is 4.37. The second kappa shape index (κ2) is 6.21. The fraction of sp³-hybridized carbons (Fsp3) is 0.286. The topological polar surface area (TPSA) is 94.9 Å². The number of rotatable bonds is 5. The molecule has 0 aliphatic carbocycles. The second-order valence-corrected chi connectivity index (χ2v) is 4.59. The first-order chi connectivity index (χ1) is 9.60. The van der Waals surface area contributed by atoms with E-state index in [1.54, 1.807) is 24.5 Å². The first-order valence-electron chi connectivity index (χ1n) is 6.41. The fourth-order valence-corrected chi connectivity index (χ4v) is 1.79. The number of nitrogens with two attached hydrogens (primary N) is 1. The lowest BCUT2D eigenvalue weighted by molar-refractivity contribution is -0.384. The highest BCUT2D eigenvalue weighted by Gasteiger charge is 2.07. The van der Waals surface area contributed by atoms with E-state index in [-0.39, 0.29) is 11.7 Å². The van der Waals surface area contributed by atoms with E-state index in [0.29, 0.717) is 5.82 Å². The Labute approximate surface area is 116 Å². The molecular weight excluding hydrogens is 256 g/mol. The number of nitro groups is 1. The molecule has 2 rings (SSSR count). The third-order valence-corrected chi connectivity index (χ3v) is 3.06. The highest BCUT2D eigenvalue weighted by Crippen LogP contribution is 2.19. The van der Waals surface area contributed by atoms with E-state index in [9.17, 15) is 10.1 Å². The van der Waals surface area contributed by atoms with Gasteiger partial charge in [-0.15, -0.1) is 0 Å². The SMILES string of the molecule is CCC(N)Cc1cnc(-c2ccc([N+](=O)[O-])cc2)nc1. The van der Waals surface area contributed by atoms with Gasteiger partial charge in [0.15, 0.2) is 5.82 Å². The molecule has 2 aromatic rings. The molecule has 0 aliphatic heterocycles. The average Bonchev–Trinajstić information content (AvgIpc) is 2.48. The Hall–Kier alpha value is -2.34. The summed E-state index contributed by atoms with van der Waals surface area (Å²) in [5.74, 6) is 0.550. The third-order valence-electron chi connectivity index (χ3n) is 3.06. The van der Waals surface area contributed by atoms with E-state index in [4.69, 9.17) is 5.73 Å². The Bertz CT molecular complexity index is 581. The van der Waals surface area contributed by atoms with Crippen LogP contribution >= 0.6 is 0 Å². The molecule has 6 nitrogen and oxygen atoms in total. The number of nitro benzene ring substituents is 1. The van der Waals surface area contributed by atoms with Crippen molar-refractivity contribution < 1.29 is 4.92 Å². The van der Waals surface area contributed by atoms with Crippen molar-refractivity contribution in [3.8, 4) is 11.4 Å². The van der Waals surface area contributed by atoms with E-state index in [1.807, 2.05) is 6.92 Å². The van der Waals surface area contributed by atoms with Gasteiger partial charge < -0.3 is 5.73 Å². The molecule has 1 heterocycles. The summed E-state index contributed by atoms with van der Waals surface area (Å²) in [7, 11) is 0. The number of hydrogen-bond donors (Lipinski definition) is 1. The number of nitrogens with zero attached hydrogens (tertiary/aromatic N) is 3. The van der Waals surface area contributed by atoms with Crippen LogP contribution in [0.2, 0.25) is 0 Å². The minimum Gasteiger partial charge on any atom is -0.327 e. The van der Waals surface area contributed by atoms with Crippen molar-refractivity contribution in [2.45, 2.75) is 25.8 Å². The highest BCUT2D eigenvalue weighted by molar-refractivity contribution is 5.56. The lowest BCUT2D eigenvalue weighted by Gasteiger charge is -2.08. The number of hydrogen-bond acceptors (Lipinski definition) is 5. The lowest BCUT2D eigenvalue weighted by atomic mass is 10.1. The van der Waals surface area contributed by atoms with Crippen LogP contribution in [0, 0.1) is 10.1 Å². The van der Waals surface area contributed by atoms with Crippen molar-refractivity contribution in [1.82, 2.24) is 9.97 Å². The molecule has 0 radical (unpaired) electrons. The summed E-state index contributed by atoms with van der Waals surface area (Å²) < 4.78 is 0. The Morgan fingerprint density at radius 1 is 1.25 bits per heavy atom. The summed E-state index contributed by atoms with van der Waals surface area (Å²) in [6.07, 6.45) is 5.15. The van der Waals surface area contributed by atoms with Crippen molar-refractivity contribution in [3.63, 3.8) is 0 Å². The molecule has 1 unspecified atom stereocenters. The summed E-state index contributed by atoms with van der Waals surface area (Å²) in [4.78, 5) is 18.7. The Balaban J connectivity index is 2.15. The molecule has 104 valence electrons. The maximum atomic E-state index is 10.6. The number of benzene rings is 1. The zero-order valence-electron chi connectivity index (χ0n) is 11.2. The van der Waals surface area contributed by atoms with Gasteiger partial charge in [-0.25, -0.2) is 9.97 Å². The zero-order chi connectivity index (χ0) is 14.5. The van der Waals surface area contributed by atoms with Gasteiger partial charge >= 0.3 is 0 Å². The molecule has 0 saturated carbocycles. The van der Waals surface area contributed by atoms with Crippen LogP contribution in [0.1, 0.15) is 18.9 Å². The van der Waals surface area contributed by atoms with E-state index in [2.05, 4.69) is 9.97 Å². The van der Waals surface area contributed by atoms with Crippen molar-refractivity contribution in [3.05, 3.63) is 52.3 Å². The van der Waals surface area contributed by atoms with Gasteiger partial charge in [0.1, 0.15) is 0 Å². The summed E-state index contributed by atoms with van der Waals surface area (Å²) >= 11 is 0. The average molecular weight is 272 g/mol. The molecule has 1 aromatic carbocycles. The summed E-state index contributed by atoms with van der Waals surface area (Å²) in [6, 6.07) is 6.29. The Morgan fingerprint density at radius 2 is 1.85 bits per heavy atom. The number of aromatic nitrogens is 2. The standard InChI is InChI=1S/C14H16N4O2/c1-2-12(15)7-10-8-16-14(17-9-10)11-3-5-13(6-4-11)18(19)20/h3-6,8-9,12H,2,7,15H2,1H3. The van der Waals surface area contributed by atoms with Gasteiger partial charge in [-0.2, -0.15) is 0 Å². The van der Waals surface area contributed by atoms with Gasteiger partial charge in [-0.05, 0) is 30.5 Å². The van der Waals surface area contributed by atoms with Crippen molar-refractivity contribution in [2.75, 3.05) is 0 Å². The maximum absolute atomic E-state index is 10.6. The summed E-state index contributed by atoms with van der Waals surface area (Å²) in [6.45, 7) is 2.04. The predicted octanol–water partition coefficient (Wildman–Crippen LogP) is 2.33. The molecule has 1 aromatic heterocycles. The molecule has 0 bridgehead atoms. The minimum absolute atomic E-state index is 0.0549. The lowest BCUT2D eigenvalue weighted by Crippen LogP contribution is -2.21. The largest absolute Gasteiger partial charge is 0.327 e. The van der Waals surface area contributed by atoms with E-state index >= 15 is 0 Å². The van der Waals surface area contributed by atoms with Crippen molar-refractivity contribution in [2.24, 2.45) is 5.73 Å². The van der Waals surface area contributed by atoms with Crippen molar-refractivity contribution >= 4 is 5.69 Å².